The lowest BCUT2D eigenvalue weighted by Gasteiger charge is -2.13. The Kier molecular flexibility index (Phi) is 5.27. The van der Waals surface area contributed by atoms with Crippen molar-refractivity contribution in [1.29, 1.82) is 0 Å². The van der Waals surface area contributed by atoms with Crippen LogP contribution < -0.4 is 21.0 Å². The topological polar surface area (TPSA) is 80.6 Å². The summed E-state index contributed by atoms with van der Waals surface area (Å²) in [5.74, 6) is 0.190. The number of methoxy groups -OCH3 is 1. The van der Waals surface area contributed by atoms with E-state index in [1.165, 1.54) is 0 Å². The van der Waals surface area contributed by atoms with Crippen LogP contribution in [0.2, 0.25) is 0 Å². The van der Waals surface area contributed by atoms with Crippen LogP contribution in [-0.2, 0) is 0 Å². The number of ether oxygens (including phenoxy) is 1. The molecule has 1 amide bonds. The number of carbonyl (C=O) groups is 1. The molecule has 1 aromatic heterocycles. The number of para-hydroxylation sites is 1. The van der Waals surface area contributed by atoms with Crippen LogP contribution in [0.3, 0.4) is 0 Å². The fourth-order valence-corrected chi connectivity index (χ4v) is 3.16. The van der Waals surface area contributed by atoms with Gasteiger partial charge in [-0.15, -0.1) is 0 Å². The van der Waals surface area contributed by atoms with E-state index < -0.39 is 11.5 Å². The number of carbonyl (C=O) groups excluding carboxylic acids is 1. The summed E-state index contributed by atoms with van der Waals surface area (Å²) in [7, 11) is 1.54. The minimum Gasteiger partial charge on any atom is -0.496 e. The molecular weight excluding hydrogens is 400 g/mol. The van der Waals surface area contributed by atoms with E-state index in [0.717, 1.165) is 5.39 Å². The van der Waals surface area contributed by atoms with Gasteiger partial charge in [0.25, 0.3) is 5.91 Å². The van der Waals surface area contributed by atoms with Crippen molar-refractivity contribution in [1.82, 2.24) is 0 Å². The van der Waals surface area contributed by atoms with Crippen molar-refractivity contribution in [2.24, 2.45) is 0 Å². The van der Waals surface area contributed by atoms with Crippen LogP contribution in [0.1, 0.15) is 17.3 Å². The molecule has 2 N–H and O–H groups in total. The van der Waals surface area contributed by atoms with E-state index in [4.69, 9.17) is 9.15 Å². The molecule has 0 aliphatic rings. The van der Waals surface area contributed by atoms with Gasteiger partial charge in [0.15, 0.2) is 5.69 Å². The summed E-state index contributed by atoms with van der Waals surface area (Å²) in [6.45, 7) is 2.50. The van der Waals surface area contributed by atoms with Gasteiger partial charge in [0.1, 0.15) is 11.3 Å². The maximum Gasteiger partial charge on any atom is 0.362 e. The normalized spacial score (nSPS) is 10.6. The number of hydrogen-bond donors (Lipinski definition) is 2. The summed E-state index contributed by atoms with van der Waals surface area (Å²) in [5.41, 5.74) is 0.856. The third kappa shape index (κ3) is 3.43. The maximum absolute atomic E-state index is 12.6. The Morgan fingerprint density at radius 2 is 1.96 bits per heavy atom. The summed E-state index contributed by atoms with van der Waals surface area (Å²) in [6.07, 6.45) is 0. The first-order chi connectivity index (χ1) is 12.5. The largest absolute Gasteiger partial charge is 0.496 e. The molecule has 1 heterocycles. The molecule has 0 fully saturated rings. The smallest absolute Gasteiger partial charge is 0.362 e. The molecule has 2 aromatic carbocycles. The SMILES string of the molecule is CCNc1c(NC(=O)c2ccc(OC)c(Br)c2)c(=O)oc2ccccc12. The van der Waals surface area contributed by atoms with E-state index in [9.17, 15) is 9.59 Å². The molecule has 0 saturated carbocycles. The third-order valence-corrected chi connectivity index (χ3v) is 4.44. The second-order valence-corrected chi connectivity index (χ2v) is 6.32. The van der Waals surface area contributed by atoms with Crippen molar-refractivity contribution in [3.63, 3.8) is 0 Å². The number of rotatable bonds is 5. The quantitative estimate of drug-likeness (QED) is 0.607. The first-order valence-corrected chi connectivity index (χ1v) is 8.79. The van der Waals surface area contributed by atoms with Crippen LogP contribution in [0.5, 0.6) is 5.75 Å². The van der Waals surface area contributed by atoms with Gasteiger partial charge < -0.3 is 19.8 Å². The standard InChI is InChI=1S/C19H17BrN2O4/c1-3-21-16-12-6-4-5-7-14(12)26-19(24)17(16)22-18(23)11-8-9-15(25-2)13(20)10-11/h4-10,21H,3H2,1-2H3,(H,22,23). The van der Waals surface area contributed by atoms with Crippen LogP contribution in [0.25, 0.3) is 11.0 Å². The molecule has 0 saturated heterocycles. The lowest BCUT2D eigenvalue weighted by molar-refractivity contribution is 0.102. The molecule has 26 heavy (non-hydrogen) atoms. The summed E-state index contributed by atoms with van der Waals surface area (Å²) in [4.78, 5) is 25.0. The zero-order valence-electron chi connectivity index (χ0n) is 14.3. The Morgan fingerprint density at radius 3 is 2.65 bits per heavy atom. The summed E-state index contributed by atoms with van der Waals surface area (Å²) < 4.78 is 11.1. The second-order valence-electron chi connectivity index (χ2n) is 5.47. The Bertz CT molecular complexity index is 1030. The molecule has 6 nitrogen and oxygen atoms in total. The first kappa shape index (κ1) is 18.0. The van der Waals surface area contributed by atoms with Gasteiger partial charge in [-0.1, -0.05) is 12.1 Å². The molecule has 134 valence electrons. The van der Waals surface area contributed by atoms with E-state index in [2.05, 4.69) is 26.6 Å². The molecule has 0 unspecified atom stereocenters. The third-order valence-electron chi connectivity index (χ3n) is 3.82. The van der Waals surface area contributed by atoms with Crippen LogP contribution in [-0.4, -0.2) is 19.6 Å². The molecule has 0 aliphatic heterocycles. The minimum atomic E-state index is -0.611. The number of amides is 1. The second kappa shape index (κ2) is 7.61. The van der Waals surface area contributed by atoms with Crippen LogP contribution in [0.15, 0.2) is 56.1 Å². The number of halogens is 1. The molecule has 3 aromatic rings. The van der Waals surface area contributed by atoms with Gasteiger partial charge in [0.05, 0.1) is 17.3 Å². The highest BCUT2D eigenvalue weighted by Gasteiger charge is 2.18. The highest BCUT2D eigenvalue weighted by Crippen LogP contribution is 2.30. The Balaban J connectivity index is 2.03. The predicted molar refractivity (Wildman–Crippen MR) is 105 cm³/mol. The number of fused-ring (bicyclic) bond motifs is 1. The van der Waals surface area contributed by atoms with Crippen molar-refractivity contribution in [2.75, 3.05) is 24.3 Å². The summed E-state index contributed by atoms with van der Waals surface area (Å²) in [5, 5.41) is 6.53. The van der Waals surface area contributed by atoms with Crippen LogP contribution >= 0.6 is 15.9 Å². The summed E-state index contributed by atoms with van der Waals surface area (Å²) >= 11 is 3.35. The monoisotopic (exact) mass is 416 g/mol. The lowest BCUT2D eigenvalue weighted by Crippen LogP contribution is -2.20. The molecule has 3 rings (SSSR count). The lowest BCUT2D eigenvalue weighted by atomic mass is 10.1. The highest BCUT2D eigenvalue weighted by atomic mass is 79.9. The van der Waals surface area contributed by atoms with E-state index >= 15 is 0 Å². The van der Waals surface area contributed by atoms with Crippen LogP contribution in [0, 0.1) is 0 Å². The Hall–Kier alpha value is -2.80. The molecule has 0 spiro atoms. The van der Waals surface area contributed by atoms with E-state index in [-0.39, 0.29) is 5.69 Å². The van der Waals surface area contributed by atoms with Crippen LogP contribution in [0.4, 0.5) is 11.4 Å². The van der Waals surface area contributed by atoms with Gasteiger partial charge in [0.2, 0.25) is 0 Å². The summed E-state index contributed by atoms with van der Waals surface area (Å²) in [6, 6.07) is 12.1. The molecule has 7 heteroatoms. The number of anilines is 2. The Labute approximate surface area is 158 Å². The molecule has 0 aliphatic carbocycles. The average Bonchev–Trinajstić information content (AvgIpc) is 2.64. The van der Waals surface area contributed by atoms with Gasteiger partial charge in [0, 0.05) is 17.5 Å². The Morgan fingerprint density at radius 1 is 1.19 bits per heavy atom. The average molecular weight is 417 g/mol. The molecular formula is C19H17BrN2O4. The van der Waals surface area contributed by atoms with Gasteiger partial charge in [-0.25, -0.2) is 4.79 Å². The van der Waals surface area contributed by atoms with Gasteiger partial charge in [-0.3, -0.25) is 4.79 Å². The zero-order valence-corrected chi connectivity index (χ0v) is 15.8. The van der Waals surface area contributed by atoms with Crippen molar-refractivity contribution < 1.29 is 13.9 Å². The first-order valence-electron chi connectivity index (χ1n) is 7.99. The van der Waals surface area contributed by atoms with Crippen molar-refractivity contribution in [3.8, 4) is 5.75 Å². The molecule has 0 bridgehead atoms. The van der Waals surface area contributed by atoms with E-state index in [1.807, 2.05) is 19.1 Å². The van der Waals surface area contributed by atoms with Crippen molar-refractivity contribution in [2.45, 2.75) is 6.92 Å². The number of nitrogens with one attached hydrogen (secondary N) is 2. The van der Waals surface area contributed by atoms with E-state index in [0.29, 0.717) is 33.6 Å². The van der Waals surface area contributed by atoms with Crippen molar-refractivity contribution >= 4 is 44.2 Å². The molecule has 0 radical (unpaired) electrons. The van der Waals surface area contributed by atoms with Gasteiger partial charge in [-0.05, 0) is 53.2 Å². The maximum atomic E-state index is 12.6. The number of hydrogen-bond acceptors (Lipinski definition) is 5. The van der Waals surface area contributed by atoms with E-state index in [1.54, 1.807) is 37.4 Å². The fourth-order valence-electron chi connectivity index (χ4n) is 2.62. The zero-order chi connectivity index (χ0) is 18.7. The minimum absolute atomic E-state index is 0.0856. The molecule has 0 atom stereocenters. The predicted octanol–water partition coefficient (Wildman–Crippen LogP) is 4.25. The van der Waals surface area contributed by atoms with Gasteiger partial charge in [-0.2, -0.15) is 0 Å². The fraction of sp³-hybridized carbons (Fsp3) is 0.158. The van der Waals surface area contributed by atoms with Crippen molar-refractivity contribution in [3.05, 3.63) is 62.9 Å². The highest BCUT2D eigenvalue weighted by molar-refractivity contribution is 9.10. The number of benzene rings is 2. The van der Waals surface area contributed by atoms with Gasteiger partial charge >= 0.3 is 5.63 Å².